The first kappa shape index (κ1) is 15.4. The van der Waals surface area contributed by atoms with Crippen LogP contribution in [0.5, 0.6) is 0 Å². The third-order valence-electron chi connectivity index (χ3n) is 5.02. The molecule has 2 aliphatic rings. The summed E-state index contributed by atoms with van der Waals surface area (Å²) < 4.78 is 23.5. The SMILES string of the molecule is Cc1ccc(S(N)(=O)=O)c(C(=O)N[C@@H]2[C@@H]3Cc4ccccc4[C@@H]32)c1. The third kappa shape index (κ3) is 2.42. The van der Waals surface area contributed by atoms with Gasteiger partial charge in [0.25, 0.3) is 5.91 Å². The molecular formula is C18H18N2O3S. The van der Waals surface area contributed by atoms with Crippen LogP contribution in [0, 0.1) is 12.8 Å². The molecule has 5 nitrogen and oxygen atoms in total. The Labute approximate surface area is 140 Å². The molecule has 1 amide bonds. The van der Waals surface area contributed by atoms with Crippen molar-refractivity contribution in [2.24, 2.45) is 11.1 Å². The second-order valence-corrected chi connectivity index (χ2v) is 8.17. The molecule has 0 spiro atoms. The van der Waals surface area contributed by atoms with E-state index in [2.05, 4.69) is 17.4 Å². The summed E-state index contributed by atoms with van der Waals surface area (Å²) in [4.78, 5) is 12.5. The fraction of sp³-hybridized carbons (Fsp3) is 0.278. The summed E-state index contributed by atoms with van der Waals surface area (Å²) in [7, 11) is -3.94. The molecule has 2 aliphatic carbocycles. The number of sulfonamides is 1. The van der Waals surface area contributed by atoms with E-state index in [1.54, 1.807) is 12.1 Å². The van der Waals surface area contributed by atoms with Crippen molar-refractivity contribution < 1.29 is 13.2 Å². The van der Waals surface area contributed by atoms with Crippen molar-refractivity contribution in [2.45, 2.75) is 30.2 Å². The van der Waals surface area contributed by atoms with Gasteiger partial charge in [-0.1, -0.05) is 35.9 Å². The van der Waals surface area contributed by atoms with Crippen molar-refractivity contribution in [2.75, 3.05) is 0 Å². The van der Waals surface area contributed by atoms with Crippen LogP contribution in [0.25, 0.3) is 0 Å². The Bertz CT molecular complexity index is 952. The van der Waals surface area contributed by atoms with E-state index in [1.807, 2.05) is 19.1 Å². The highest BCUT2D eigenvalue weighted by Crippen LogP contribution is 2.56. The van der Waals surface area contributed by atoms with Crippen molar-refractivity contribution in [1.82, 2.24) is 5.32 Å². The first-order valence-corrected chi connectivity index (χ1v) is 9.43. The predicted molar refractivity (Wildman–Crippen MR) is 90.2 cm³/mol. The number of hydrogen-bond donors (Lipinski definition) is 2. The minimum Gasteiger partial charge on any atom is -0.348 e. The number of nitrogens with two attached hydrogens (primary N) is 1. The molecule has 0 radical (unpaired) electrons. The molecule has 0 aromatic heterocycles. The van der Waals surface area contributed by atoms with Gasteiger partial charge in [0.2, 0.25) is 10.0 Å². The average molecular weight is 342 g/mol. The van der Waals surface area contributed by atoms with E-state index in [1.165, 1.54) is 17.2 Å². The normalized spacial score (nSPS) is 24.2. The fourth-order valence-electron chi connectivity index (χ4n) is 3.85. The number of fused-ring (bicyclic) bond motifs is 3. The van der Waals surface area contributed by atoms with E-state index < -0.39 is 10.0 Å². The zero-order valence-corrected chi connectivity index (χ0v) is 14.0. The number of primary sulfonamides is 1. The molecule has 24 heavy (non-hydrogen) atoms. The maximum Gasteiger partial charge on any atom is 0.252 e. The van der Waals surface area contributed by atoms with Crippen molar-refractivity contribution in [1.29, 1.82) is 0 Å². The maximum absolute atomic E-state index is 12.6. The quantitative estimate of drug-likeness (QED) is 0.890. The lowest BCUT2D eigenvalue weighted by molar-refractivity contribution is 0.0944. The Balaban J connectivity index is 1.59. The Hall–Kier alpha value is -2.18. The number of hydrogen-bond acceptors (Lipinski definition) is 3. The molecule has 6 heteroatoms. The van der Waals surface area contributed by atoms with Crippen molar-refractivity contribution in [3.05, 3.63) is 64.7 Å². The first-order valence-electron chi connectivity index (χ1n) is 7.88. The van der Waals surface area contributed by atoms with Gasteiger partial charge < -0.3 is 5.32 Å². The van der Waals surface area contributed by atoms with Gasteiger partial charge in [-0.2, -0.15) is 0 Å². The second kappa shape index (κ2) is 5.16. The standard InChI is InChI=1S/C18H18N2O3S/c1-10-6-7-15(24(19,22)23)13(8-10)18(21)20-17-14-9-11-4-2-3-5-12(11)16(14)17/h2-8,14,16-17H,9H2,1H3,(H,20,21)(H2,19,22,23)/t14-,16+,17-/m1/s1. The maximum atomic E-state index is 12.6. The Morgan fingerprint density at radius 3 is 2.71 bits per heavy atom. The van der Waals surface area contributed by atoms with E-state index in [4.69, 9.17) is 5.14 Å². The highest BCUT2D eigenvalue weighted by Gasteiger charge is 2.56. The monoisotopic (exact) mass is 342 g/mol. The van der Waals surface area contributed by atoms with Gasteiger partial charge in [0.05, 0.1) is 10.5 Å². The van der Waals surface area contributed by atoms with E-state index >= 15 is 0 Å². The number of carbonyl (C=O) groups is 1. The van der Waals surface area contributed by atoms with Gasteiger partial charge >= 0.3 is 0 Å². The largest absolute Gasteiger partial charge is 0.348 e. The molecule has 1 fully saturated rings. The number of benzene rings is 2. The lowest BCUT2D eigenvalue weighted by Gasteiger charge is -2.12. The van der Waals surface area contributed by atoms with Crippen LogP contribution in [0.4, 0.5) is 0 Å². The van der Waals surface area contributed by atoms with E-state index in [-0.39, 0.29) is 22.4 Å². The first-order chi connectivity index (χ1) is 11.4. The summed E-state index contributed by atoms with van der Waals surface area (Å²) in [6.45, 7) is 1.81. The van der Waals surface area contributed by atoms with Crippen LogP contribution in [0.15, 0.2) is 47.4 Å². The Morgan fingerprint density at radius 1 is 1.21 bits per heavy atom. The zero-order chi connectivity index (χ0) is 17.1. The summed E-state index contributed by atoms with van der Waals surface area (Å²) >= 11 is 0. The molecule has 0 unspecified atom stereocenters. The van der Waals surface area contributed by atoms with Gasteiger partial charge in [0, 0.05) is 12.0 Å². The molecule has 2 aromatic carbocycles. The minimum absolute atomic E-state index is 0.0706. The fourth-order valence-corrected chi connectivity index (χ4v) is 4.56. The average Bonchev–Trinajstić information content (AvgIpc) is 3.03. The van der Waals surface area contributed by atoms with Gasteiger partial charge in [0.1, 0.15) is 0 Å². The van der Waals surface area contributed by atoms with Gasteiger partial charge in [0.15, 0.2) is 0 Å². The van der Waals surface area contributed by atoms with Crippen LogP contribution < -0.4 is 10.5 Å². The number of nitrogens with one attached hydrogen (secondary N) is 1. The van der Waals surface area contributed by atoms with Crippen molar-refractivity contribution in [3.8, 4) is 0 Å². The summed E-state index contributed by atoms with van der Waals surface area (Å²) in [6, 6.07) is 12.9. The lowest BCUT2D eigenvalue weighted by atomic mass is 10.0. The molecule has 2 aromatic rings. The van der Waals surface area contributed by atoms with E-state index in [9.17, 15) is 13.2 Å². The summed E-state index contributed by atoms with van der Waals surface area (Å²) in [5, 5.41) is 8.23. The molecule has 0 aliphatic heterocycles. The highest BCUT2D eigenvalue weighted by atomic mass is 32.2. The topological polar surface area (TPSA) is 89.3 Å². The molecule has 4 rings (SSSR count). The zero-order valence-electron chi connectivity index (χ0n) is 13.2. The molecule has 124 valence electrons. The lowest BCUT2D eigenvalue weighted by Crippen LogP contribution is -2.30. The van der Waals surface area contributed by atoms with Crippen LogP contribution in [-0.2, 0) is 16.4 Å². The Kier molecular flexibility index (Phi) is 3.30. The van der Waals surface area contributed by atoms with Crippen molar-refractivity contribution in [3.63, 3.8) is 0 Å². The van der Waals surface area contributed by atoms with Crippen LogP contribution in [0.1, 0.15) is 33.0 Å². The minimum atomic E-state index is -3.94. The van der Waals surface area contributed by atoms with Gasteiger partial charge in [-0.3, -0.25) is 4.79 Å². The van der Waals surface area contributed by atoms with Crippen LogP contribution in [0.2, 0.25) is 0 Å². The molecular weight excluding hydrogens is 324 g/mol. The number of rotatable bonds is 3. The Morgan fingerprint density at radius 2 is 1.96 bits per heavy atom. The number of aryl methyl sites for hydroxylation is 1. The van der Waals surface area contributed by atoms with Gasteiger partial charge in [-0.05, 0) is 42.5 Å². The molecule has 0 heterocycles. The van der Waals surface area contributed by atoms with E-state index in [0.29, 0.717) is 11.8 Å². The predicted octanol–water partition coefficient (Wildman–Crippen LogP) is 1.71. The van der Waals surface area contributed by atoms with E-state index in [0.717, 1.165) is 12.0 Å². The third-order valence-corrected chi connectivity index (χ3v) is 5.99. The van der Waals surface area contributed by atoms with Gasteiger partial charge in [-0.25, -0.2) is 13.6 Å². The van der Waals surface area contributed by atoms with Crippen LogP contribution >= 0.6 is 0 Å². The second-order valence-electron chi connectivity index (χ2n) is 6.64. The van der Waals surface area contributed by atoms with Crippen LogP contribution in [0.3, 0.4) is 0 Å². The molecule has 3 N–H and O–H groups in total. The van der Waals surface area contributed by atoms with Crippen molar-refractivity contribution >= 4 is 15.9 Å². The summed E-state index contributed by atoms with van der Waals surface area (Å²) in [6.07, 6.45) is 0.960. The highest BCUT2D eigenvalue weighted by molar-refractivity contribution is 7.89. The van der Waals surface area contributed by atoms with Gasteiger partial charge in [-0.15, -0.1) is 0 Å². The number of carbonyl (C=O) groups excluding carboxylic acids is 1. The van der Waals surface area contributed by atoms with Crippen LogP contribution in [-0.4, -0.2) is 20.4 Å². The molecule has 3 atom stereocenters. The summed E-state index contributed by atoms with van der Waals surface area (Å²) in [5.74, 6) is 0.376. The number of amides is 1. The molecule has 1 saturated carbocycles. The molecule has 0 bridgehead atoms. The molecule has 0 saturated heterocycles. The summed E-state index contributed by atoms with van der Waals surface area (Å²) in [5.41, 5.74) is 3.58. The smallest absolute Gasteiger partial charge is 0.252 e.